The van der Waals surface area contributed by atoms with E-state index in [2.05, 4.69) is 17.3 Å². The first-order chi connectivity index (χ1) is 10.1. The van der Waals surface area contributed by atoms with Crippen LogP contribution in [-0.2, 0) is 16.0 Å². The van der Waals surface area contributed by atoms with Crippen LogP contribution in [0.5, 0.6) is 0 Å². The van der Waals surface area contributed by atoms with Gasteiger partial charge in [-0.25, -0.2) is 0 Å². The van der Waals surface area contributed by atoms with Crippen LogP contribution in [0.3, 0.4) is 0 Å². The average molecular weight is 291 g/mol. The molecule has 0 amide bonds. The van der Waals surface area contributed by atoms with Crippen LogP contribution >= 0.6 is 0 Å². The van der Waals surface area contributed by atoms with Gasteiger partial charge in [0.15, 0.2) is 0 Å². The molecule has 0 saturated carbocycles. The number of nitrogens with zero attached hydrogens (tertiary/aromatic N) is 1. The van der Waals surface area contributed by atoms with E-state index in [9.17, 15) is 4.79 Å². The van der Waals surface area contributed by atoms with Crippen molar-refractivity contribution in [2.45, 2.75) is 52.1 Å². The molecule has 21 heavy (non-hydrogen) atoms. The topological polar surface area (TPSA) is 58.9 Å². The van der Waals surface area contributed by atoms with E-state index in [0.717, 1.165) is 25.7 Å². The molecule has 1 N–H and O–H groups in total. The lowest BCUT2D eigenvalue weighted by atomic mass is 10.0. The first-order valence-corrected chi connectivity index (χ1v) is 7.55. The standard InChI is InChI=1S/C17H25NO3/c1-14(2)21-17(19)16(13-18-20)12-8-4-7-11-15-9-5-3-6-10-15/h3,5-6,9-10,13-14,16,20H,4,7-8,11-12H2,1-2H3/b18-13-. The van der Waals surface area contributed by atoms with E-state index in [1.165, 1.54) is 11.8 Å². The fraction of sp³-hybridized carbons (Fsp3) is 0.529. The van der Waals surface area contributed by atoms with E-state index in [-0.39, 0.29) is 12.1 Å². The Morgan fingerprint density at radius 1 is 1.24 bits per heavy atom. The van der Waals surface area contributed by atoms with Crippen LogP contribution in [0.1, 0.15) is 45.1 Å². The Labute approximate surface area is 126 Å². The zero-order chi connectivity index (χ0) is 15.5. The third-order valence-corrected chi connectivity index (χ3v) is 3.22. The van der Waals surface area contributed by atoms with Gasteiger partial charge >= 0.3 is 5.97 Å². The number of carbonyl (C=O) groups excluding carboxylic acids is 1. The summed E-state index contributed by atoms with van der Waals surface area (Å²) >= 11 is 0. The summed E-state index contributed by atoms with van der Waals surface area (Å²) in [7, 11) is 0. The summed E-state index contributed by atoms with van der Waals surface area (Å²) in [5.74, 6) is -0.764. The average Bonchev–Trinajstić information content (AvgIpc) is 2.46. The molecule has 0 aliphatic heterocycles. The van der Waals surface area contributed by atoms with Crippen LogP contribution < -0.4 is 0 Å². The van der Waals surface area contributed by atoms with Gasteiger partial charge in [0.05, 0.1) is 18.2 Å². The molecular weight excluding hydrogens is 266 g/mol. The highest BCUT2D eigenvalue weighted by molar-refractivity contribution is 5.89. The second-order valence-electron chi connectivity index (χ2n) is 5.44. The molecule has 1 rings (SSSR count). The number of ether oxygens (including phenoxy) is 1. The monoisotopic (exact) mass is 291 g/mol. The molecular formula is C17H25NO3. The van der Waals surface area contributed by atoms with Crippen molar-refractivity contribution in [2.24, 2.45) is 11.1 Å². The highest BCUT2D eigenvalue weighted by Crippen LogP contribution is 2.13. The lowest BCUT2D eigenvalue weighted by molar-refractivity contribution is -0.150. The minimum Gasteiger partial charge on any atom is -0.462 e. The van der Waals surface area contributed by atoms with Crippen molar-refractivity contribution in [3.8, 4) is 0 Å². The molecule has 1 atom stereocenters. The fourth-order valence-corrected chi connectivity index (χ4v) is 2.17. The number of rotatable bonds is 9. The summed E-state index contributed by atoms with van der Waals surface area (Å²) in [4.78, 5) is 11.8. The Balaban J connectivity index is 2.26. The first-order valence-electron chi connectivity index (χ1n) is 7.55. The molecule has 0 heterocycles. The minimum absolute atomic E-state index is 0.148. The summed E-state index contributed by atoms with van der Waals surface area (Å²) in [6.07, 6.45) is 5.87. The number of carbonyl (C=O) groups is 1. The maximum Gasteiger partial charge on any atom is 0.314 e. The molecule has 0 aliphatic rings. The van der Waals surface area contributed by atoms with Crippen molar-refractivity contribution in [3.63, 3.8) is 0 Å². The third kappa shape index (κ3) is 7.49. The zero-order valence-electron chi connectivity index (χ0n) is 12.9. The highest BCUT2D eigenvalue weighted by Gasteiger charge is 2.18. The molecule has 1 unspecified atom stereocenters. The van der Waals surface area contributed by atoms with E-state index in [1.54, 1.807) is 0 Å². The van der Waals surface area contributed by atoms with E-state index < -0.39 is 5.92 Å². The van der Waals surface area contributed by atoms with Gasteiger partial charge in [-0.15, -0.1) is 5.16 Å². The van der Waals surface area contributed by atoms with Crippen molar-refractivity contribution in [3.05, 3.63) is 35.9 Å². The lowest BCUT2D eigenvalue weighted by Crippen LogP contribution is -2.22. The van der Waals surface area contributed by atoms with E-state index >= 15 is 0 Å². The molecule has 0 spiro atoms. The normalized spacial score (nSPS) is 12.7. The highest BCUT2D eigenvalue weighted by atomic mass is 16.5. The van der Waals surface area contributed by atoms with E-state index in [4.69, 9.17) is 9.94 Å². The van der Waals surface area contributed by atoms with Gasteiger partial charge in [-0.2, -0.15) is 0 Å². The van der Waals surface area contributed by atoms with Gasteiger partial charge in [-0.1, -0.05) is 43.2 Å². The molecule has 0 radical (unpaired) electrons. The molecule has 0 saturated heterocycles. The van der Waals surface area contributed by atoms with Gasteiger partial charge in [0.2, 0.25) is 0 Å². The van der Waals surface area contributed by atoms with Gasteiger partial charge in [0.25, 0.3) is 0 Å². The Morgan fingerprint density at radius 3 is 2.57 bits per heavy atom. The number of unbranched alkanes of at least 4 members (excludes halogenated alkanes) is 2. The minimum atomic E-state index is -0.450. The van der Waals surface area contributed by atoms with Crippen LogP contribution in [0, 0.1) is 5.92 Å². The Morgan fingerprint density at radius 2 is 1.95 bits per heavy atom. The summed E-state index contributed by atoms with van der Waals surface area (Å²) in [5.41, 5.74) is 1.34. The maximum atomic E-state index is 11.8. The Bertz CT molecular complexity index is 429. The molecule has 4 heteroatoms. The largest absolute Gasteiger partial charge is 0.462 e. The SMILES string of the molecule is CC(C)OC(=O)C(/C=N\O)CCCCCc1ccccc1. The lowest BCUT2D eigenvalue weighted by Gasteiger charge is -2.13. The Hall–Kier alpha value is -1.84. The number of hydrogen-bond acceptors (Lipinski definition) is 4. The van der Waals surface area contributed by atoms with Gasteiger partial charge in [-0.05, 0) is 38.7 Å². The predicted molar refractivity (Wildman–Crippen MR) is 83.6 cm³/mol. The van der Waals surface area contributed by atoms with Gasteiger partial charge < -0.3 is 9.94 Å². The van der Waals surface area contributed by atoms with Gasteiger partial charge in [-0.3, -0.25) is 4.79 Å². The van der Waals surface area contributed by atoms with Crippen molar-refractivity contribution in [1.82, 2.24) is 0 Å². The van der Waals surface area contributed by atoms with Crippen LogP contribution in [0.4, 0.5) is 0 Å². The van der Waals surface area contributed by atoms with E-state index in [1.807, 2.05) is 32.0 Å². The molecule has 0 bridgehead atoms. The number of oxime groups is 1. The molecule has 1 aromatic carbocycles. The molecule has 116 valence electrons. The summed E-state index contributed by atoms with van der Waals surface area (Å²) < 4.78 is 5.15. The molecule has 0 fully saturated rings. The molecule has 1 aromatic rings. The number of hydrogen-bond donors (Lipinski definition) is 1. The zero-order valence-corrected chi connectivity index (χ0v) is 12.9. The smallest absolute Gasteiger partial charge is 0.314 e. The van der Waals surface area contributed by atoms with Crippen molar-refractivity contribution in [2.75, 3.05) is 0 Å². The van der Waals surface area contributed by atoms with Gasteiger partial charge in [0.1, 0.15) is 0 Å². The molecule has 0 aromatic heterocycles. The number of benzene rings is 1. The van der Waals surface area contributed by atoms with E-state index in [0.29, 0.717) is 6.42 Å². The summed E-state index contributed by atoms with van der Waals surface area (Å²) in [6.45, 7) is 3.62. The van der Waals surface area contributed by atoms with Crippen molar-refractivity contribution in [1.29, 1.82) is 0 Å². The first kappa shape index (κ1) is 17.2. The molecule has 0 aliphatic carbocycles. The summed E-state index contributed by atoms with van der Waals surface area (Å²) in [6, 6.07) is 10.4. The van der Waals surface area contributed by atoms with Crippen LogP contribution in [0.15, 0.2) is 35.5 Å². The quantitative estimate of drug-likeness (QED) is 0.247. The fourth-order valence-electron chi connectivity index (χ4n) is 2.17. The predicted octanol–water partition coefficient (Wildman–Crippen LogP) is 3.82. The number of esters is 1. The summed E-state index contributed by atoms with van der Waals surface area (Å²) in [5, 5.41) is 11.6. The van der Waals surface area contributed by atoms with Gasteiger partial charge in [0, 0.05) is 0 Å². The third-order valence-electron chi connectivity index (χ3n) is 3.22. The number of aryl methyl sites for hydroxylation is 1. The second kappa shape index (κ2) is 9.97. The van der Waals surface area contributed by atoms with Crippen LogP contribution in [0.2, 0.25) is 0 Å². The van der Waals surface area contributed by atoms with Crippen LogP contribution in [0.25, 0.3) is 0 Å². The van der Waals surface area contributed by atoms with Crippen LogP contribution in [-0.4, -0.2) is 23.5 Å². The molecule has 4 nitrogen and oxygen atoms in total. The van der Waals surface area contributed by atoms with Crippen molar-refractivity contribution < 1.29 is 14.7 Å². The maximum absolute atomic E-state index is 11.8. The Kier molecular flexibility index (Phi) is 8.17. The van der Waals surface area contributed by atoms with Crippen molar-refractivity contribution >= 4 is 12.2 Å². The second-order valence-corrected chi connectivity index (χ2v) is 5.44.